The molecule has 0 aromatic carbocycles. The van der Waals surface area contributed by atoms with Gasteiger partial charge in [0.2, 0.25) is 5.91 Å². The molecule has 0 bridgehead atoms. The molecule has 1 heterocycles. The summed E-state index contributed by atoms with van der Waals surface area (Å²) in [7, 11) is 1.95. The highest BCUT2D eigenvalue weighted by Gasteiger charge is 2.27. The number of rotatable bonds is 6. The molecule has 1 aliphatic heterocycles. The van der Waals surface area contributed by atoms with Crippen molar-refractivity contribution in [2.24, 2.45) is 5.73 Å². The molecule has 0 aromatic heterocycles. The number of urea groups is 1. The lowest BCUT2D eigenvalue weighted by Gasteiger charge is -2.19. The number of likely N-dealkylation sites (N-methyl/N-ethyl adjacent to an activating group) is 1. The molecule has 0 aliphatic carbocycles. The maximum absolute atomic E-state index is 11.2. The number of carbonyl (C=O) groups excluding carboxylic acids is 2. The van der Waals surface area contributed by atoms with E-state index in [-0.39, 0.29) is 18.5 Å². The van der Waals surface area contributed by atoms with Gasteiger partial charge in [-0.05, 0) is 26.6 Å². The van der Waals surface area contributed by atoms with E-state index in [0.29, 0.717) is 19.6 Å². The summed E-state index contributed by atoms with van der Waals surface area (Å²) in [6.45, 7) is 2.82. The lowest BCUT2D eigenvalue weighted by atomic mass is 10.4. The van der Waals surface area contributed by atoms with Gasteiger partial charge in [-0.2, -0.15) is 0 Å². The lowest BCUT2D eigenvalue weighted by Crippen LogP contribution is -2.38. The number of imide groups is 1. The van der Waals surface area contributed by atoms with Crippen molar-refractivity contribution in [1.29, 1.82) is 0 Å². The molecule has 1 aliphatic rings. The second kappa shape index (κ2) is 5.67. The Morgan fingerprint density at radius 2 is 2.20 bits per heavy atom. The van der Waals surface area contributed by atoms with E-state index in [1.165, 1.54) is 4.90 Å². The van der Waals surface area contributed by atoms with Gasteiger partial charge >= 0.3 is 6.03 Å². The smallest absolute Gasteiger partial charge is 0.324 e. The SMILES string of the molecule is CN(CCCN)CCN1C(=O)CNC1=O. The third-order valence-electron chi connectivity index (χ3n) is 2.39. The van der Waals surface area contributed by atoms with Crippen molar-refractivity contribution < 1.29 is 9.59 Å². The first-order valence-corrected chi connectivity index (χ1v) is 5.12. The van der Waals surface area contributed by atoms with Crippen LogP contribution in [0.25, 0.3) is 0 Å². The van der Waals surface area contributed by atoms with Crippen LogP contribution in [0.5, 0.6) is 0 Å². The van der Waals surface area contributed by atoms with Crippen molar-refractivity contribution in [3.8, 4) is 0 Å². The molecule has 1 fully saturated rings. The molecule has 0 aromatic rings. The second-order valence-electron chi connectivity index (χ2n) is 3.65. The van der Waals surface area contributed by atoms with Gasteiger partial charge in [-0.1, -0.05) is 0 Å². The van der Waals surface area contributed by atoms with Crippen LogP contribution < -0.4 is 11.1 Å². The van der Waals surface area contributed by atoms with E-state index in [0.717, 1.165) is 13.0 Å². The highest BCUT2D eigenvalue weighted by Crippen LogP contribution is 1.98. The minimum atomic E-state index is -0.285. The number of nitrogens with one attached hydrogen (secondary N) is 1. The summed E-state index contributed by atoms with van der Waals surface area (Å²) in [5.41, 5.74) is 5.38. The third-order valence-corrected chi connectivity index (χ3v) is 2.39. The summed E-state index contributed by atoms with van der Waals surface area (Å²) in [5, 5.41) is 2.49. The van der Waals surface area contributed by atoms with Crippen molar-refractivity contribution in [3.05, 3.63) is 0 Å². The Kier molecular flexibility index (Phi) is 4.51. The average Bonchev–Trinajstić information content (AvgIpc) is 2.53. The Morgan fingerprint density at radius 3 is 2.73 bits per heavy atom. The summed E-state index contributed by atoms with van der Waals surface area (Å²) < 4.78 is 0. The number of carbonyl (C=O) groups is 2. The van der Waals surface area contributed by atoms with Gasteiger partial charge in [0.05, 0.1) is 6.54 Å². The van der Waals surface area contributed by atoms with Crippen molar-refractivity contribution in [1.82, 2.24) is 15.1 Å². The molecule has 3 N–H and O–H groups in total. The highest BCUT2D eigenvalue weighted by molar-refractivity contribution is 6.01. The number of amides is 3. The minimum absolute atomic E-state index is 0.130. The molecule has 15 heavy (non-hydrogen) atoms. The summed E-state index contributed by atoms with van der Waals surface area (Å²) in [6, 6.07) is -0.285. The van der Waals surface area contributed by atoms with Crippen LogP contribution in [-0.4, -0.2) is 61.5 Å². The largest absolute Gasteiger partial charge is 0.330 e. The number of nitrogens with zero attached hydrogens (tertiary/aromatic N) is 2. The molecule has 6 heteroatoms. The Labute approximate surface area is 89.4 Å². The fourth-order valence-electron chi connectivity index (χ4n) is 1.43. The van der Waals surface area contributed by atoms with E-state index in [2.05, 4.69) is 10.2 Å². The molecule has 0 radical (unpaired) electrons. The number of hydrogen-bond donors (Lipinski definition) is 2. The van der Waals surface area contributed by atoms with E-state index >= 15 is 0 Å². The quantitative estimate of drug-likeness (QED) is 0.545. The van der Waals surface area contributed by atoms with Gasteiger partial charge in [-0.25, -0.2) is 4.79 Å². The van der Waals surface area contributed by atoms with Crippen LogP contribution in [0, 0.1) is 0 Å². The molecule has 1 saturated heterocycles. The first kappa shape index (κ1) is 11.9. The molecule has 0 saturated carbocycles. The predicted octanol–water partition coefficient (Wildman–Crippen LogP) is -1.18. The van der Waals surface area contributed by atoms with Crippen LogP contribution in [0.2, 0.25) is 0 Å². The van der Waals surface area contributed by atoms with Gasteiger partial charge in [0.25, 0.3) is 0 Å². The van der Waals surface area contributed by atoms with Gasteiger partial charge in [0, 0.05) is 13.1 Å². The Bertz CT molecular complexity index is 228. The monoisotopic (exact) mass is 214 g/mol. The Balaban J connectivity index is 2.24. The highest BCUT2D eigenvalue weighted by atomic mass is 16.2. The molecular weight excluding hydrogens is 196 g/mol. The van der Waals surface area contributed by atoms with Gasteiger partial charge < -0.3 is 16.0 Å². The van der Waals surface area contributed by atoms with Gasteiger partial charge in [0.1, 0.15) is 0 Å². The zero-order valence-electron chi connectivity index (χ0n) is 9.03. The zero-order valence-corrected chi connectivity index (χ0v) is 9.03. The molecule has 0 unspecified atom stereocenters. The summed E-state index contributed by atoms with van der Waals surface area (Å²) in [6.07, 6.45) is 0.927. The van der Waals surface area contributed by atoms with E-state index in [1.54, 1.807) is 0 Å². The minimum Gasteiger partial charge on any atom is -0.330 e. The van der Waals surface area contributed by atoms with Crippen LogP contribution in [0.3, 0.4) is 0 Å². The van der Waals surface area contributed by atoms with Crippen molar-refractivity contribution >= 4 is 11.9 Å². The fourth-order valence-corrected chi connectivity index (χ4v) is 1.43. The average molecular weight is 214 g/mol. The van der Waals surface area contributed by atoms with Crippen LogP contribution in [0.1, 0.15) is 6.42 Å². The lowest BCUT2D eigenvalue weighted by molar-refractivity contribution is -0.125. The van der Waals surface area contributed by atoms with Crippen LogP contribution >= 0.6 is 0 Å². The van der Waals surface area contributed by atoms with Gasteiger partial charge in [-0.15, -0.1) is 0 Å². The topological polar surface area (TPSA) is 78.7 Å². The van der Waals surface area contributed by atoms with E-state index < -0.39 is 0 Å². The Hall–Kier alpha value is -1.14. The molecule has 0 atom stereocenters. The van der Waals surface area contributed by atoms with Gasteiger partial charge in [-0.3, -0.25) is 9.69 Å². The number of hydrogen-bond acceptors (Lipinski definition) is 4. The van der Waals surface area contributed by atoms with Crippen molar-refractivity contribution in [2.75, 3.05) is 39.8 Å². The molecule has 6 nitrogen and oxygen atoms in total. The predicted molar refractivity (Wildman–Crippen MR) is 56.3 cm³/mol. The van der Waals surface area contributed by atoms with Gasteiger partial charge in [0.15, 0.2) is 0 Å². The normalized spacial score (nSPS) is 16.3. The summed E-state index contributed by atoms with van der Waals surface area (Å²) in [4.78, 5) is 25.7. The van der Waals surface area contributed by atoms with Crippen LogP contribution in [0.15, 0.2) is 0 Å². The molecular formula is C9H18N4O2. The molecule has 1 rings (SSSR count). The maximum Gasteiger partial charge on any atom is 0.324 e. The molecule has 3 amide bonds. The summed E-state index contributed by atoms with van der Waals surface area (Å²) in [5.74, 6) is -0.146. The van der Waals surface area contributed by atoms with Crippen molar-refractivity contribution in [3.63, 3.8) is 0 Å². The standard InChI is InChI=1S/C9H18N4O2/c1-12(4-2-3-10)5-6-13-8(14)7-11-9(13)15/h2-7,10H2,1H3,(H,11,15). The van der Waals surface area contributed by atoms with E-state index in [1.807, 2.05) is 7.05 Å². The Morgan fingerprint density at radius 1 is 1.47 bits per heavy atom. The van der Waals surface area contributed by atoms with E-state index in [9.17, 15) is 9.59 Å². The zero-order chi connectivity index (χ0) is 11.3. The fraction of sp³-hybridized carbons (Fsp3) is 0.778. The third kappa shape index (κ3) is 3.49. The van der Waals surface area contributed by atoms with Crippen LogP contribution in [0.4, 0.5) is 4.79 Å². The van der Waals surface area contributed by atoms with Crippen molar-refractivity contribution in [2.45, 2.75) is 6.42 Å². The molecule has 0 spiro atoms. The second-order valence-corrected chi connectivity index (χ2v) is 3.65. The first-order valence-electron chi connectivity index (χ1n) is 5.12. The first-order chi connectivity index (χ1) is 7.15. The summed E-state index contributed by atoms with van der Waals surface area (Å²) >= 11 is 0. The van der Waals surface area contributed by atoms with Crippen LogP contribution in [-0.2, 0) is 4.79 Å². The van der Waals surface area contributed by atoms with E-state index in [4.69, 9.17) is 5.73 Å². The molecule has 86 valence electrons. The maximum atomic E-state index is 11.2. The number of nitrogens with two attached hydrogens (primary N) is 1.